The number of hydrogen-bond acceptors (Lipinski definition) is 1. The molecule has 3 atom stereocenters. The summed E-state index contributed by atoms with van der Waals surface area (Å²) in [5, 5.41) is 3.61. The molecule has 1 aliphatic rings. The van der Waals surface area contributed by atoms with Crippen molar-refractivity contribution in [1.82, 2.24) is 5.32 Å². The van der Waals surface area contributed by atoms with E-state index in [2.05, 4.69) is 38.7 Å². The van der Waals surface area contributed by atoms with Crippen LogP contribution >= 0.6 is 0 Å². The van der Waals surface area contributed by atoms with Crippen LogP contribution in [0.4, 0.5) is 0 Å². The largest absolute Gasteiger partial charge is 0.314 e. The van der Waals surface area contributed by atoms with Crippen LogP contribution in [0.15, 0.2) is 12.7 Å². The Morgan fingerprint density at radius 1 is 1.31 bits per heavy atom. The molecule has 0 saturated heterocycles. The second kappa shape index (κ2) is 7.11. The summed E-state index contributed by atoms with van der Waals surface area (Å²) in [5.74, 6) is 2.76. The lowest BCUT2D eigenvalue weighted by atomic mass is 9.72. The van der Waals surface area contributed by atoms with Crippen LogP contribution in [0, 0.1) is 17.8 Å². The first-order valence-corrected chi connectivity index (χ1v) is 6.97. The Labute approximate surface area is 102 Å². The SMILES string of the molecule is C=CCCC1CC(C)CCC1CNC(C)C. The zero-order valence-corrected chi connectivity index (χ0v) is 11.3. The van der Waals surface area contributed by atoms with Gasteiger partial charge in [-0.25, -0.2) is 0 Å². The van der Waals surface area contributed by atoms with Gasteiger partial charge in [0, 0.05) is 6.04 Å². The zero-order chi connectivity index (χ0) is 12.0. The summed E-state index contributed by atoms with van der Waals surface area (Å²) in [6.45, 7) is 12.0. The van der Waals surface area contributed by atoms with E-state index in [0.29, 0.717) is 6.04 Å². The first kappa shape index (κ1) is 13.8. The first-order valence-electron chi connectivity index (χ1n) is 6.97. The topological polar surface area (TPSA) is 12.0 Å². The van der Waals surface area contributed by atoms with Crippen molar-refractivity contribution in [1.29, 1.82) is 0 Å². The van der Waals surface area contributed by atoms with E-state index >= 15 is 0 Å². The summed E-state index contributed by atoms with van der Waals surface area (Å²) in [4.78, 5) is 0. The van der Waals surface area contributed by atoms with Crippen LogP contribution in [0.5, 0.6) is 0 Å². The van der Waals surface area contributed by atoms with Gasteiger partial charge < -0.3 is 5.32 Å². The summed E-state index contributed by atoms with van der Waals surface area (Å²) < 4.78 is 0. The van der Waals surface area contributed by atoms with Gasteiger partial charge in [-0.3, -0.25) is 0 Å². The standard InChI is InChI=1S/C15H29N/c1-5-6-7-14-10-13(4)8-9-15(14)11-16-12(2)3/h5,12-16H,1,6-11H2,2-4H3. The molecule has 0 amide bonds. The molecular formula is C15H29N. The van der Waals surface area contributed by atoms with Gasteiger partial charge in [-0.2, -0.15) is 0 Å². The molecule has 0 bridgehead atoms. The highest BCUT2D eigenvalue weighted by Gasteiger charge is 2.27. The zero-order valence-electron chi connectivity index (χ0n) is 11.3. The molecule has 1 saturated carbocycles. The van der Waals surface area contributed by atoms with Crippen molar-refractivity contribution in [2.45, 2.75) is 58.9 Å². The maximum absolute atomic E-state index is 3.85. The molecule has 1 aliphatic carbocycles. The number of hydrogen-bond donors (Lipinski definition) is 1. The molecule has 1 N–H and O–H groups in total. The molecule has 1 rings (SSSR count). The molecule has 1 nitrogen and oxygen atoms in total. The van der Waals surface area contributed by atoms with Gasteiger partial charge in [0.05, 0.1) is 0 Å². The highest BCUT2D eigenvalue weighted by molar-refractivity contribution is 4.82. The van der Waals surface area contributed by atoms with Crippen molar-refractivity contribution in [3.8, 4) is 0 Å². The third kappa shape index (κ3) is 4.69. The molecule has 0 aromatic heterocycles. The van der Waals surface area contributed by atoms with Gasteiger partial charge in [0.2, 0.25) is 0 Å². The van der Waals surface area contributed by atoms with E-state index in [9.17, 15) is 0 Å². The number of allylic oxidation sites excluding steroid dienone is 1. The van der Waals surface area contributed by atoms with Crippen LogP contribution < -0.4 is 5.32 Å². The molecule has 0 heterocycles. The Kier molecular flexibility index (Phi) is 6.12. The molecule has 1 heteroatoms. The summed E-state index contributed by atoms with van der Waals surface area (Å²) >= 11 is 0. The molecule has 1 fully saturated rings. The van der Waals surface area contributed by atoms with E-state index in [-0.39, 0.29) is 0 Å². The Bertz CT molecular complexity index is 198. The van der Waals surface area contributed by atoms with Gasteiger partial charge in [-0.15, -0.1) is 6.58 Å². The first-order chi connectivity index (χ1) is 7.63. The third-order valence-electron chi connectivity index (χ3n) is 3.93. The van der Waals surface area contributed by atoms with Crippen molar-refractivity contribution in [3.63, 3.8) is 0 Å². The minimum atomic E-state index is 0.624. The fourth-order valence-electron chi connectivity index (χ4n) is 2.90. The van der Waals surface area contributed by atoms with Gasteiger partial charge in [0.25, 0.3) is 0 Å². The molecular weight excluding hydrogens is 194 g/mol. The van der Waals surface area contributed by atoms with Gasteiger partial charge in [-0.05, 0) is 50.0 Å². The third-order valence-corrected chi connectivity index (χ3v) is 3.93. The summed E-state index contributed by atoms with van der Waals surface area (Å²) in [5.41, 5.74) is 0. The Morgan fingerprint density at radius 3 is 2.69 bits per heavy atom. The van der Waals surface area contributed by atoms with E-state index < -0.39 is 0 Å². The van der Waals surface area contributed by atoms with Crippen LogP contribution in [0.1, 0.15) is 52.9 Å². The smallest absolute Gasteiger partial charge is 0.00104 e. The van der Waals surface area contributed by atoms with Crippen LogP contribution in [0.3, 0.4) is 0 Å². The Hall–Kier alpha value is -0.300. The van der Waals surface area contributed by atoms with Crippen molar-refractivity contribution in [2.24, 2.45) is 17.8 Å². The van der Waals surface area contributed by atoms with Crippen LogP contribution in [-0.2, 0) is 0 Å². The highest BCUT2D eigenvalue weighted by Crippen LogP contribution is 2.36. The average Bonchev–Trinajstić information content (AvgIpc) is 2.24. The van der Waals surface area contributed by atoms with E-state index in [1.807, 2.05) is 0 Å². The van der Waals surface area contributed by atoms with Crippen molar-refractivity contribution < 1.29 is 0 Å². The Morgan fingerprint density at radius 2 is 2.06 bits per heavy atom. The second-order valence-corrected chi connectivity index (χ2v) is 5.87. The normalized spacial score (nSPS) is 30.6. The fourth-order valence-corrected chi connectivity index (χ4v) is 2.90. The molecule has 0 aromatic rings. The maximum atomic E-state index is 3.85. The molecule has 0 aliphatic heterocycles. The molecule has 94 valence electrons. The van der Waals surface area contributed by atoms with E-state index in [1.165, 1.54) is 38.6 Å². The summed E-state index contributed by atoms with van der Waals surface area (Å²) in [6.07, 6.45) is 8.88. The van der Waals surface area contributed by atoms with Crippen LogP contribution in [0.2, 0.25) is 0 Å². The van der Waals surface area contributed by atoms with Gasteiger partial charge >= 0.3 is 0 Å². The van der Waals surface area contributed by atoms with E-state index in [4.69, 9.17) is 0 Å². The van der Waals surface area contributed by atoms with E-state index in [1.54, 1.807) is 0 Å². The van der Waals surface area contributed by atoms with Crippen molar-refractivity contribution in [3.05, 3.63) is 12.7 Å². The van der Waals surface area contributed by atoms with Gasteiger partial charge in [0.1, 0.15) is 0 Å². The number of rotatable bonds is 6. The molecule has 16 heavy (non-hydrogen) atoms. The molecule has 3 unspecified atom stereocenters. The monoisotopic (exact) mass is 223 g/mol. The minimum Gasteiger partial charge on any atom is -0.314 e. The predicted octanol–water partition coefficient (Wildman–Crippen LogP) is 4.00. The van der Waals surface area contributed by atoms with Gasteiger partial charge in [0.15, 0.2) is 0 Å². The van der Waals surface area contributed by atoms with Crippen LogP contribution in [-0.4, -0.2) is 12.6 Å². The average molecular weight is 223 g/mol. The summed E-state index contributed by atoms with van der Waals surface area (Å²) in [6, 6.07) is 0.624. The molecule has 0 radical (unpaired) electrons. The summed E-state index contributed by atoms with van der Waals surface area (Å²) in [7, 11) is 0. The lowest BCUT2D eigenvalue weighted by molar-refractivity contribution is 0.173. The fraction of sp³-hybridized carbons (Fsp3) is 0.867. The Balaban J connectivity index is 2.40. The molecule has 0 spiro atoms. The molecule has 0 aromatic carbocycles. The van der Waals surface area contributed by atoms with Gasteiger partial charge in [-0.1, -0.05) is 33.3 Å². The lowest BCUT2D eigenvalue weighted by Gasteiger charge is -2.35. The lowest BCUT2D eigenvalue weighted by Crippen LogP contribution is -2.35. The minimum absolute atomic E-state index is 0.624. The second-order valence-electron chi connectivity index (χ2n) is 5.87. The van der Waals surface area contributed by atoms with E-state index in [0.717, 1.165) is 17.8 Å². The highest BCUT2D eigenvalue weighted by atomic mass is 14.9. The van der Waals surface area contributed by atoms with Crippen molar-refractivity contribution in [2.75, 3.05) is 6.54 Å². The number of nitrogens with one attached hydrogen (secondary N) is 1. The quantitative estimate of drug-likeness (QED) is 0.671. The van der Waals surface area contributed by atoms with Crippen molar-refractivity contribution >= 4 is 0 Å². The maximum Gasteiger partial charge on any atom is 0.00104 e. The van der Waals surface area contributed by atoms with Crippen LogP contribution in [0.25, 0.3) is 0 Å². The predicted molar refractivity (Wildman–Crippen MR) is 72.6 cm³/mol.